The molecule has 1 amide bonds. The van der Waals surface area contributed by atoms with Gasteiger partial charge >= 0.3 is 5.97 Å². The van der Waals surface area contributed by atoms with Crippen molar-refractivity contribution < 1.29 is 14.7 Å². The highest BCUT2D eigenvalue weighted by Crippen LogP contribution is 2.16. The summed E-state index contributed by atoms with van der Waals surface area (Å²) < 4.78 is 0. The maximum Gasteiger partial charge on any atom is 0.308 e. The number of rotatable bonds is 2. The van der Waals surface area contributed by atoms with Crippen LogP contribution in [0.3, 0.4) is 0 Å². The Kier molecular flexibility index (Phi) is 3.46. The molecule has 1 aliphatic rings. The van der Waals surface area contributed by atoms with Gasteiger partial charge < -0.3 is 15.7 Å². The maximum absolute atomic E-state index is 11.4. The Labute approximate surface area is 82.9 Å². The minimum Gasteiger partial charge on any atom is -0.481 e. The zero-order valence-corrected chi connectivity index (χ0v) is 8.27. The summed E-state index contributed by atoms with van der Waals surface area (Å²) in [5, 5.41) is 8.83. The Hall–Kier alpha value is -1.10. The summed E-state index contributed by atoms with van der Waals surface area (Å²) in [6.07, 6.45) is 0.863. The van der Waals surface area contributed by atoms with Crippen molar-refractivity contribution in [2.75, 3.05) is 13.1 Å². The number of piperidine rings is 1. The molecule has 5 nitrogen and oxygen atoms in total. The van der Waals surface area contributed by atoms with Crippen LogP contribution in [-0.4, -0.2) is 41.0 Å². The van der Waals surface area contributed by atoms with E-state index in [-0.39, 0.29) is 11.9 Å². The number of likely N-dealkylation sites (tertiary alicyclic amines) is 1. The first kappa shape index (κ1) is 11.0. The molecule has 5 heteroatoms. The van der Waals surface area contributed by atoms with E-state index >= 15 is 0 Å². The van der Waals surface area contributed by atoms with Crippen molar-refractivity contribution in [2.45, 2.75) is 25.8 Å². The fraction of sp³-hybridized carbons (Fsp3) is 0.778. The topological polar surface area (TPSA) is 83.6 Å². The SMILES string of the molecule is CCC(=O)N1CC(N)CC(C(=O)O)C1. The van der Waals surface area contributed by atoms with Gasteiger partial charge in [0.05, 0.1) is 5.92 Å². The van der Waals surface area contributed by atoms with E-state index in [1.165, 1.54) is 0 Å². The van der Waals surface area contributed by atoms with Crippen molar-refractivity contribution in [3.63, 3.8) is 0 Å². The van der Waals surface area contributed by atoms with Crippen LogP contribution in [0.2, 0.25) is 0 Å². The van der Waals surface area contributed by atoms with E-state index in [0.717, 1.165) is 0 Å². The molecule has 1 rings (SSSR count). The normalized spacial score (nSPS) is 27.4. The largest absolute Gasteiger partial charge is 0.481 e. The highest BCUT2D eigenvalue weighted by Gasteiger charge is 2.31. The number of carboxylic acid groups (broad SMARTS) is 1. The number of carbonyl (C=O) groups excluding carboxylic acids is 1. The van der Waals surface area contributed by atoms with Gasteiger partial charge in [-0.1, -0.05) is 6.92 Å². The monoisotopic (exact) mass is 200 g/mol. The number of nitrogens with two attached hydrogens (primary N) is 1. The molecule has 1 fully saturated rings. The number of carboxylic acids is 1. The third-order valence-electron chi connectivity index (χ3n) is 2.49. The second-order valence-electron chi connectivity index (χ2n) is 3.68. The minimum absolute atomic E-state index is 0.0219. The second kappa shape index (κ2) is 4.41. The van der Waals surface area contributed by atoms with E-state index in [4.69, 9.17) is 10.8 Å². The van der Waals surface area contributed by atoms with Crippen molar-refractivity contribution in [3.8, 4) is 0 Å². The smallest absolute Gasteiger partial charge is 0.308 e. The van der Waals surface area contributed by atoms with Crippen LogP contribution in [0.5, 0.6) is 0 Å². The zero-order chi connectivity index (χ0) is 10.7. The fourth-order valence-electron chi connectivity index (χ4n) is 1.74. The summed E-state index contributed by atoms with van der Waals surface area (Å²) in [7, 11) is 0. The van der Waals surface area contributed by atoms with Gasteiger partial charge in [-0.25, -0.2) is 0 Å². The van der Waals surface area contributed by atoms with Crippen molar-refractivity contribution in [1.82, 2.24) is 4.90 Å². The Morgan fingerprint density at radius 2 is 2.14 bits per heavy atom. The van der Waals surface area contributed by atoms with Crippen LogP contribution in [0, 0.1) is 5.92 Å². The number of carbonyl (C=O) groups is 2. The van der Waals surface area contributed by atoms with E-state index in [1.54, 1.807) is 11.8 Å². The van der Waals surface area contributed by atoms with Crippen molar-refractivity contribution in [2.24, 2.45) is 11.7 Å². The Morgan fingerprint density at radius 3 is 2.64 bits per heavy atom. The molecule has 3 N–H and O–H groups in total. The second-order valence-corrected chi connectivity index (χ2v) is 3.68. The van der Waals surface area contributed by atoms with Crippen molar-refractivity contribution in [1.29, 1.82) is 0 Å². The maximum atomic E-state index is 11.4. The van der Waals surface area contributed by atoms with Crippen LogP contribution in [0.4, 0.5) is 0 Å². The summed E-state index contributed by atoms with van der Waals surface area (Å²) in [5.74, 6) is -1.39. The van der Waals surface area contributed by atoms with Crippen LogP contribution in [0.25, 0.3) is 0 Å². The van der Waals surface area contributed by atoms with E-state index < -0.39 is 11.9 Å². The van der Waals surface area contributed by atoms with Gasteiger partial charge in [0.1, 0.15) is 0 Å². The van der Waals surface area contributed by atoms with E-state index in [9.17, 15) is 9.59 Å². The molecule has 14 heavy (non-hydrogen) atoms. The standard InChI is InChI=1S/C9H16N2O3/c1-2-8(12)11-4-6(9(13)14)3-7(10)5-11/h6-7H,2-5,10H2,1H3,(H,13,14). The van der Waals surface area contributed by atoms with Gasteiger partial charge in [-0.3, -0.25) is 9.59 Å². The van der Waals surface area contributed by atoms with Gasteiger partial charge in [-0.15, -0.1) is 0 Å². The minimum atomic E-state index is -0.867. The molecule has 0 bridgehead atoms. The summed E-state index contributed by atoms with van der Waals surface area (Å²) in [4.78, 5) is 23.7. The first-order chi connectivity index (χ1) is 6.54. The van der Waals surface area contributed by atoms with Gasteiger partial charge in [0.25, 0.3) is 0 Å². The van der Waals surface area contributed by atoms with Gasteiger partial charge in [0.15, 0.2) is 0 Å². The molecule has 1 heterocycles. The summed E-state index contributed by atoms with van der Waals surface area (Å²) in [5.41, 5.74) is 5.69. The molecule has 0 radical (unpaired) electrons. The third-order valence-corrected chi connectivity index (χ3v) is 2.49. The van der Waals surface area contributed by atoms with Gasteiger partial charge in [0.2, 0.25) is 5.91 Å². The van der Waals surface area contributed by atoms with Gasteiger partial charge in [0, 0.05) is 25.6 Å². The number of hydrogen-bond donors (Lipinski definition) is 2. The van der Waals surface area contributed by atoms with Gasteiger partial charge in [-0.05, 0) is 6.42 Å². The lowest BCUT2D eigenvalue weighted by Gasteiger charge is -2.34. The van der Waals surface area contributed by atoms with E-state index in [2.05, 4.69) is 0 Å². The van der Waals surface area contributed by atoms with Crippen LogP contribution in [0.1, 0.15) is 19.8 Å². The molecule has 0 aromatic carbocycles. The predicted octanol–water partition coefficient (Wildman–Crippen LogP) is -0.343. The molecule has 0 aromatic rings. The summed E-state index contributed by atoms with van der Waals surface area (Å²) >= 11 is 0. The molecule has 2 unspecified atom stereocenters. The number of nitrogens with zero attached hydrogens (tertiary/aromatic N) is 1. The highest BCUT2D eigenvalue weighted by molar-refractivity contribution is 5.77. The fourth-order valence-corrected chi connectivity index (χ4v) is 1.74. The first-order valence-electron chi connectivity index (χ1n) is 4.80. The molecule has 1 saturated heterocycles. The predicted molar refractivity (Wildman–Crippen MR) is 50.6 cm³/mol. The molecule has 0 saturated carbocycles. The molecule has 80 valence electrons. The Morgan fingerprint density at radius 1 is 1.50 bits per heavy atom. The Balaban J connectivity index is 2.62. The lowest BCUT2D eigenvalue weighted by molar-refractivity contribution is -0.146. The number of hydrogen-bond acceptors (Lipinski definition) is 3. The Bertz CT molecular complexity index is 242. The average molecular weight is 200 g/mol. The number of aliphatic carboxylic acids is 1. The van der Waals surface area contributed by atoms with E-state index in [0.29, 0.717) is 25.9 Å². The highest BCUT2D eigenvalue weighted by atomic mass is 16.4. The van der Waals surface area contributed by atoms with Crippen molar-refractivity contribution >= 4 is 11.9 Å². The summed E-state index contributed by atoms with van der Waals surface area (Å²) in [6, 6.07) is -0.208. The lowest BCUT2D eigenvalue weighted by atomic mass is 9.95. The van der Waals surface area contributed by atoms with Gasteiger partial charge in [-0.2, -0.15) is 0 Å². The number of amides is 1. The molecular weight excluding hydrogens is 184 g/mol. The molecule has 1 aliphatic heterocycles. The average Bonchev–Trinajstić information content (AvgIpc) is 2.15. The van der Waals surface area contributed by atoms with Crippen LogP contribution in [-0.2, 0) is 9.59 Å². The zero-order valence-electron chi connectivity index (χ0n) is 8.27. The lowest BCUT2D eigenvalue weighted by Crippen LogP contribution is -2.51. The third kappa shape index (κ3) is 2.45. The van der Waals surface area contributed by atoms with Crippen LogP contribution < -0.4 is 5.73 Å². The molecule has 0 aliphatic carbocycles. The van der Waals surface area contributed by atoms with Crippen LogP contribution in [0.15, 0.2) is 0 Å². The molecule has 2 atom stereocenters. The van der Waals surface area contributed by atoms with E-state index in [1.807, 2.05) is 0 Å². The molecule has 0 aromatic heterocycles. The quantitative estimate of drug-likeness (QED) is 0.638. The van der Waals surface area contributed by atoms with Crippen molar-refractivity contribution in [3.05, 3.63) is 0 Å². The van der Waals surface area contributed by atoms with Crippen LogP contribution >= 0.6 is 0 Å². The first-order valence-corrected chi connectivity index (χ1v) is 4.80. The molecule has 0 spiro atoms. The molecular formula is C9H16N2O3. The summed E-state index contributed by atoms with van der Waals surface area (Å²) in [6.45, 7) is 2.55.